The molecule has 3 atom stereocenters. The van der Waals surface area contributed by atoms with Crippen LogP contribution in [0.1, 0.15) is 40.0 Å². The van der Waals surface area contributed by atoms with Gasteiger partial charge < -0.3 is 9.57 Å². The number of oxime groups is 1. The van der Waals surface area contributed by atoms with Crippen LogP contribution in [0.2, 0.25) is 0 Å². The smallest absolute Gasteiger partial charge is 0.414 e. The number of rotatable bonds is 1. The molecule has 0 saturated carbocycles. The minimum atomic E-state index is -0.443. The first-order chi connectivity index (χ1) is 9.20. The third-order valence-corrected chi connectivity index (χ3v) is 4.35. The van der Waals surface area contributed by atoms with Crippen LogP contribution in [0.15, 0.2) is 5.16 Å². The summed E-state index contributed by atoms with van der Waals surface area (Å²) in [6.07, 6.45) is 2.85. The number of likely N-dealkylation sites (tertiary alicyclic amines) is 1. The standard InChI is InChI=1S/C14H24BrN2O3/c1-14(2,3)19-13(18)17(4)7-5-6-10(9-17)11-8-12(15)16-20-11/h10-11H,5-9H2,1-4H3/q+1/t10-,11?,17+/m1/s1. The second kappa shape index (κ2) is 5.64. The van der Waals surface area contributed by atoms with Crippen molar-refractivity contribution >= 4 is 26.6 Å². The number of hydrogen-bond donors (Lipinski definition) is 0. The summed E-state index contributed by atoms with van der Waals surface area (Å²) in [4.78, 5) is 17.9. The molecule has 0 N–H and O–H groups in total. The molecule has 2 heterocycles. The highest BCUT2D eigenvalue weighted by molar-refractivity contribution is 9.18. The number of piperidine rings is 1. The van der Waals surface area contributed by atoms with E-state index < -0.39 is 5.60 Å². The lowest BCUT2D eigenvalue weighted by Gasteiger charge is -2.40. The molecule has 1 fully saturated rings. The number of carbonyl (C=O) groups excluding carboxylic acids is 1. The van der Waals surface area contributed by atoms with Gasteiger partial charge in [0, 0.05) is 12.3 Å². The second-order valence-corrected chi connectivity index (χ2v) is 7.92. The zero-order valence-corrected chi connectivity index (χ0v) is 14.3. The van der Waals surface area contributed by atoms with Crippen LogP contribution in [0, 0.1) is 5.92 Å². The number of nitrogens with zero attached hydrogens (tertiary/aromatic N) is 2. The van der Waals surface area contributed by atoms with Gasteiger partial charge in [-0.3, -0.25) is 0 Å². The maximum Gasteiger partial charge on any atom is 0.516 e. The molecule has 0 bridgehead atoms. The van der Waals surface area contributed by atoms with Crippen LogP contribution in [0.4, 0.5) is 4.79 Å². The van der Waals surface area contributed by atoms with E-state index >= 15 is 0 Å². The molecule has 0 aromatic heterocycles. The Kier molecular flexibility index (Phi) is 4.44. The number of ether oxygens (including phenoxy) is 1. The summed E-state index contributed by atoms with van der Waals surface area (Å²) in [5.41, 5.74) is -0.443. The number of carbonyl (C=O) groups is 1. The topological polar surface area (TPSA) is 47.9 Å². The molecule has 20 heavy (non-hydrogen) atoms. The summed E-state index contributed by atoms with van der Waals surface area (Å²) in [7, 11) is 1.96. The third-order valence-electron chi connectivity index (χ3n) is 3.88. The number of halogens is 1. The zero-order valence-electron chi connectivity index (χ0n) is 12.7. The Morgan fingerprint density at radius 3 is 2.75 bits per heavy atom. The fourth-order valence-corrected chi connectivity index (χ4v) is 3.26. The predicted molar refractivity (Wildman–Crippen MR) is 80.7 cm³/mol. The second-order valence-electron chi connectivity index (χ2n) is 7.00. The summed E-state index contributed by atoms with van der Waals surface area (Å²) in [5.74, 6) is 0.347. The van der Waals surface area contributed by atoms with Gasteiger partial charge in [-0.2, -0.15) is 4.79 Å². The van der Waals surface area contributed by atoms with Crippen LogP contribution in [0.5, 0.6) is 0 Å². The van der Waals surface area contributed by atoms with Gasteiger partial charge in [0.05, 0.1) is 20.1 Å². The zero-order chi connectivity index (χ0) is 15.0. The van der Waals surface area contributed by atoms with Gasteiger partial charge in [-0.1, -0.05) is 5.16 Å². The molecular weight excluding hydrogens is 324 g/mol. The molecule has 0 spiro atoms. The van der Waals surface area contributed by atoms with Gasteiger partial charge in [0.25, 0.3) is 0 Å². The molecule has 0 aliphatic carbocycles. The van der Waals surface area contributed by atoms with Gasteiger partial charge >= 0.3 is 6.09 Å². The van der Waals surface area contributed by atoms with E-state index in [1.165, 1.54) is 0 Å². The molecule has 0 aromatic carbocycles. The molecule has 114 valence electrons. The van der Waals surface area contributed by atoms with Gasteiger partial charge in [-0.05, 0) is 49.5 Å². The first-order valence-electron chi connectivity index (χ1n) is 7.16. The lowest BCUT2D eigenvalue weighted by Crippen LogP contribution is -2.58. The van der Waals surface area contributed by atoms with E-state index in [1.807, 2.05) is 27.8 Å². The first kappa shape index (κ1) is 15.8. The molecule has 2 rings (SSSR count). The number of quaternary nitrogens is 1. The lowest BCUT2D eigenvalue weighted by atomic mass is 9.90. The molecule has 0 aromatic rings. The highest BCUT2D eigenvalue weighted by Gasteiger charge is 2.45. The van der Waals surface area contributed by atoms with Gasteiger partial charge in [0.15, 0.2) is 0 Å². The average molecular weight is 348 g/mol. The highest BCUT2D eigenvalue weighted by atomic mass is 79.9. The molecule has 1 unspecified atom stereocenters. The van der Waals surface area contributed by atoms with Crippen LogP contribution in [0.25, 0.3) is 0 Å². The van der Waals surface area contributed by atoms with E-state index in [2.05, 4.69) is 21.1 Å². The van der Waals surface area contributed by atoms with Crippen LogP contribution >= 0.6 is 15.9 Å². The van der Waals surface area contributed by atoms with E-state index in [-0.39, 0.29) is 12.2 Å². The maximum absolute atomic E-state index is 12.4. The predicted octanol–water partition coefficient (Wildman–Crippen LogP) is 3.28. The van der Waals surface area contributed by atoms with Gasteiger partial charge in [0.1, 0.15) is 16.3 Å². The van der Waals surface area contributed by atoms with Gasteiger partial charge in [0.2, 0.25) is 0 Å². The van der Waals surface area contributed by atoms with Crippen molar-refractivity contribution in [3.05, 3.63) is 0 Å². The molecular formula is C14H24BrN2O3+. The first-order valence-corrected chi connectivity index (χ1v) is 7.95. The third kappa shape index (κ3) is 3.73. The minimum absolute atomic E-state index is 0.0876. The quantitative estimate of drug-likeness (QED) is 0.684. The van der Waals surface area contributed by atoms with Crippen molar-refractivity contribution in [2.45, 2.75) is 51.7 Å². The average Bonchev–Trinajstić information content (AvgIpc) is 2.74. The van der Waals surface area contributed by atoms with E-state index in [9.17, 15) is 4.79 Å². The molecule has 1 amide bonds. The molecule has 0 radical (unpaired) electrons. The highest BCUT2D eigenvalue weighted by Crippen LogP contribution is 2.32. The van der Waals surface area contributed by atoms with E-state index in [0.29, 0.717) is 10.4 Å². The summed E-state index contributed by atoms with van der Waals surface area (Å²) < 4.78 is 6.76. The van der Waals surface area contributed by atoms with Crippen molar-refractivity contribution in [1.82, 2.24) is 0 Å². The van der Waals surface area contributed by atoms with Crippen molar-refractivity contribution in [3.8, 4) is 0 Å². The SMILES string of the molecule is CC(C)(C)OC(=O)[N@@+]1(C)CCC[C@@H](C2CC(Br)=NO2)C1. The Hall–Kier alpha value is -0.620. The Bertz CT molecular complexity index is 419. The molecule has 2 aliphatic heterocycles. The summed E-state index contributed by atoms with van der Waals surface area (Å²) in [6.45, 7) is 7.31. The van der Waals surface area contributed by atoms with Crippen LogP contribution < -0.4 is 0 Å². The molecule has 2 aliphatic rings. The van der Waals surface area contributed by atoms with Crippen molar-refractivity contribution in [1.29, 1.82) is 0 Å². The summed E-state index contributed by atoms with van der Waals surface area (Å²) in [5, 5.41) is 3.95. The Morgan fingerprint density at radius 2 is 2.20 bits per heavy atom. The van der Waals surface area contributed by atoms with E-state index in [1.54, 1.807) is 0 Å². The number of amides is 1. The Labute approximate surface area is 129 Å². The van der Waals surface area contributed by atoms with Crippen molar-refractivity contribution in [2.75, 3.05) is 20.1 Å². The molecule has 1 saturated heterocycles. The van der Waals surface area contributed by atoms with Gasteiger partial charge in [-0.25, -0.2) is 4.48 Å². The minimum Gasteiger partial charge on any atom is -0.414 e. The van der Waals surface area contributed by atoms with E-state index in [0.717, 1.165) is 37.0 Å². The maximum atomic E-state index is 12.4. The van der Waals surface area contributed by atoms with Crippen LogP contribution in [-0.2, 0) is 9.57 Å². The van der Waals surface area contributed by atoms with Crippen LogP contribution in [0.3, 0.4) is 0 Å². The monoisotopic (exact) mass is 347 g/mol. The lowest BCUT2D eigenvalue weighted by molar-refractivity contribution is -0.848. The molecule has 5 nitrogen and oxygen atoms in total. The molecule has 6 heteroatoms. The van der Waals surface area contributed by atoms with Gasteiger partial charge in [-0.15, -0.1) is 0 Å². The largest absolute Gasteiger partial charge is 0.516 e. The Morgan fingerprint density at radius 1 is 1.50 bits per heavy atom. The van der Waals surface area contributed by atoms with Crippen molar-refractivity contribution in [3.63, 3.8) is 0 Å². The van der Waals surface area contributed by atoms with Crippen molar-refractivity contribution < 1.29 is 18.9 Å². The summed E-state index contributed by atoms with van der Waals surface area (Å²) in [6, 6.07) is 0. The normalized spacial score (nSPS) is 34.4. The summed E-state index contributed by atoms with van der Waals surface area (Å²) >= 11 is 3.37. The fraction of sp³-hybridized carbons (Fsp3) is 0.857. The van der Waals surface area contributed by atoms with Crippen molar-refractivity contribution in [2.24, 2.45) is 11.1 Å². The van der Waals surface area contributed by atoms with E-state index in [4.69, 9.17) is 9.57 Å². The fourth-order valence-electron chi connectivity index (χ4n) is 2.86. The number of hydrogen-bond acceptors (Lipinski definition) is 4. The van der Waals surface area contributed by atoms with Crippen LogP contribution in [-0.4, -0.2) is 47.0 Å². The Balaban J connectivity index is 2.00.